The first kappa shape index (κ1) is 17.4. The molecule has 1 N–H and O–H groups in total. The molecule has 26 heavy (non-hydrogen) atoms. The first-order chi connectivity index (χ1) is 12.7. The van der Waals surface area contributed by atoms with Gasteiger partial charge in [0.15, 0.2) is 0 Å². The molecule has 2 fully saturated rings. The van der Waals surface area contributed by atoms with E-state index in [-0.39, 0.29) is 23.2 Å². The van der Waals surface area contributed by atoms with Crippen molar-refractivity contribution in [2.45, 2.75) is 63.7 Å². The van der Waals surface area contributed by atoms with E-state index >= 15 is 0 Å². The molecular weight excluding hydrogens is 324 g/mol. The highest BCUT2D eigenvalue weighted by Crippen LogP contribution is 2.46. The molecule has 138 valence electrons. The second-order valence-electron chi connectivity index (χ2n) is 8.16. The molecule has 1 heterocycles. The summed E-state index contributed by atoms with van der Waals surface area (Å²) in [7, 11) is 0. The largest absolute Gasteiger partial charge is 0.507 e. The fraction of sp³-hybridized carbons (Fsp3) is 0.522. The van der Waals surface area contributed by atoms with Crippen LogP contribution >= 0.6 is 0 Å². The van der Waals surface area contributed by atoms with Crippen LogP contribution in [0.3, 0.4) is 0 Å². The molecule has 0 saturated heterocycles. The van der Waals surface area contributed by atoms with E-state index < -0.39 is 0 Å². The summed E-state index contributed by atoms with van der Waals surface area (Å²) in [5, 5.41) is 10.7. The van der Waals surface area contributed by atoms with Gasteiger partial charge in [-0.3, -0.25) is 0 Å². The van der Waals surface area contributed by atoms with Crippen molar-refractivity contribution in [1.29, 1.82) is 0 Å². The quantitative estimate of drug-likeness (QED) is 0.675. The zero-order valence-electron chi connectivity index (χ0n) is 15.5. The Bertz CT molecular complexity index is 786. The second-order valence-corrected chi connectivity index (χ2v) is 8.16. The summed E-state index contributed by atoms with van der Waals surface area (Å²) in [5.41, 5.74) is 1.07. The average Bonchev–Trinajstić information content (AvgIpc) is 3.54. The van der Waals surface area contributed by atoms with Gasteiger partial charge in [-0.15, -0.1) is 0 Å². The van der Waals surface area contributed by atoms with Crippen LogP contribution < -0.4 is 5.63 Å². The van der Waals surface area contributed by atoms with Crippen molar-refractivity contribution in [3.63, 3.8) is 0 Å². The maximum absolute atomic E-state index is 12.8. The number of benzene rings is 1. The Kier molecular flexibility index (Phi) is 4.88. The normalized spacial score (nSPS) is 18.2. The van der Waals surface area contributed by atoms with E-state index in [0.717, 1.165) is 36.7 Å². The minimum Gasteiger partial charge on any atom is -0.507 e. The summed E-state index contributed by atoms with van der Waals surface area (Å²) in [6, 6.07) is 11.6. The summed E-state index contributed by atoms with van der Waals surface area (Å²) in [6.45, 7) is 2.04. The molecule has 1 unspecified atom stereocenters. The number of aromatic hydroxyl groups is 1. The maximum Gasteiger partial charge on any atom is 0.343 e. The smallest absolute Gasteiger partial charge is 0.343 e. The maximum atomic E-state index is 12.8. The van der Waals surface area contributed by atoms with E-state index in [1.807, 2.05) is 37.3 Å². The van der Waals surface area contributed by atoms with Crippen molar-refractivity contribution in [2.75, 3.05) is 0 Å². The lowest BCUT2D eigenvalue weighted by Crippen LogP contribution is -2.16. The highest BCUT2D eigenvalue weighted by atomic mass is 16.4. The van der Waals surface area contributed by atoms with Crippen LogP contribution in [-0.2, 0) is 0 Å². The molecule has 0 amide bonds. The van der Waals surface area contributed by atoms with Crippen LogP contribution in [0.25, 0.3) is 0 Å². The standard InChI is InChI=1S/C23H28O3/c1-2-19(17-6-4-3-5-7-17)22-20(24)14-21(26-23(22)25)18(12-15-8-9-15)13-16-10-11-16/h3-7,14-16,18-19,24H,2,8-13H2,1H3. The van der Waals surface area contributed by atoms with Crippen molar-refractivity contribution in [1.82, 2.24) is 0 Å². The molecule has 0 bridgehead atoms. The zero-order valence-corrected chi connectivity index (χ0v) is 15.5. The first-order valence-electron chi connectivity index (χ1n) is 10.1. The minimum absolute atomic E-state index is 0.101. The Labute approximate surface area is 155 Å². The van der Waals surface area contributed by atoms with Crippen LogP contribution in [0.2, 0.25) is 0 Å². The van der Waals surface area contributed by atoms with Crippen LogP contribution in [0.1, 0.15) is 80.6 Å². The lowest BCUT2D eigenvalue weighted by molar-refractivity contribution is 0.358. The third-order valence-corrected chi connectivity index (χ3v) is 5.98. The molecule has 0 aliphatic heterocycles. The Morgan fingerprint density at radius 1 is 1.08 bits per heavy atom. The van der Waals surface area contributed by atoms with Crippen molar-refractivity contribution in [2.24, 2.45) is 11.8 Å². The van der Waals surface area contributed by atoms with Crippen molar-refractivity contribution < 1.29 is 9.52 Å². The van der Waals surface area contributed by atoms with Crippen LogP contribution in [0.15, 0.2) is 45.6 Å². The third kappa shape index (κ3) is 3.87. The summed E-state index contributed by atoms with van der Waals surface area (Å²) >= 11 is 0. The van der Waals surface area contributed by atoms with Crippen LogP contribution in [-0.4, -0.2) is 5.11 Å². The summed E-state index contributed by atoms with van der Waals surface area (Å²) < 4.78 is 5.80. The molecular formula is C23H28O3. The van der Waals surface area contributed by atoms with Gasteiger partial charge in [0.1, 0.15) is 11.5 Å². The first-order valence-corrected chi connectivity index (χ1v) is 10.1. The highest BCUT2D eigenvalue weighted by Gasteiger charge is 2.33. The van der Waals surface area contributed by atoms with Crippen molar-refractivity contribution >= 4 is 0 Å². The zero-order chi connectivity index (χ0) is 18.1. The topological polar surface area (TPSA) is 50.4 Å². The molecule has 2 aliphatic carbocycles. The Morgan fingerprint density at radius 3 is 2.19 bits per heavy atom. The molecule has 0 spiro atoms. The molecule has 1 aromatic heterocycles. The van der Waals surface area contributed by atoms with Crippen LogP contribution in [0.4, 0.5) is 0 Å². The summed E-state index contributed by atoms with van der Waals surface area (Å²) in [5.74, 6) is 2.49. The lowest BCUT2D eigenvalue weighted by atomic mass is 9.88. The van der Waals surface area contributed by atoms with Crippen molar-refractivity contribution in [3.05, 3.63) is 63.7 Å². The molecule has 0 radical (unpaired) electrons. The minimum atomic E-state index is -0.368. The summed E-state index contributed by atoms with van der Waals surface area (Å²) in [4.78, 5) is 12.8. The van der Waals surface area contributed by atoms with E-state index in [1.165, 1.54) is 25.7 Å². The van der Waals surface area contributed by atoms with E-state index in [4.69, 9.17) is 4.42 Å². The van der Waals surface area contributed by atoms with Gasteiger partial charge in [0, 0.05) is 17.9 Å². The predicted molar refractivity (Wildman–Crippen MR) is 103 cm³/mol. The molecule has 1 atom stereocenters. The number of hydrogen-bond donors (Lipinski definition) is 1. The monoisotopic (exact) mass is 352 g/mol. The Morgan fingerprint density at radius 2 is 1.69 bits per heavy atom. The van der Waals surface area contributed by atoms with Gasteiger partial charge < -0.3 is 9.52 Å². The molecule has 3 nitrogen and oxygen atoms in total. The van der Waals surface area contributed by atoms with Gasteiger partial charge in [-0.05, 0) is 36.7 Å². The average molecular weight is 352 g/mol. The third-order valence-electron chi connectivity index (χ3n) is 5.98. The fourth-order valence-corrected chi connectivity index (χ4v) is 4.16. The van der Waals surface area contributed by atoms with Crippen LogP contribution in [0, 0.1) is 11.8 Å². The Hall–Kier alpha value is -2.03. The van der Waals surface area contributed by atoms with Gasteiger partial charge in [0.2, 0.25) is 0 Å². The second kappa shape index (κ2) is 7.30. The highest BCUT2D eigenvalue weighted by molar-refractivity contribution is 5.40. The molecule has 3 heteroatoms. The molecule has 2 saturated carbocycles. The fourth-order valence-electron chi connectivity index (χ4n) is 4.16. The molecule has 2 aliphatic rings. The van der Waals surface area contributed by atoms with E-state index in [2.05, 4.69) is 0 Å². The number of rotatable bonds is 8. The number of hydrogen-bond acceptors (Lipinski definition) is 3. The predicted octanol–water partition coefficient (Wildman–Crippen LogP) is 5.57. The SMILES string of the molecule is CCC(c1ccccc1)c1c(O)cc(C(CC2CC2)CC2CC2)oc1=O. The molecule has 2 aromatic rings. The lowest BCUT2D eigenvalue weighted by Gasteiger charge is -2.19. The Balaban J connectivity index is 1.65. The van der Waals surface area contributed by atoms with Crippen molar-refractivity contribution in [3.8, 4) is 5.75 Å². The summed E-state index contributed by atoms with van der Waals surface area (Å²) in [6.07, 6.45) is 8.10. The van der Waals surface area contributed by atoms with Gasteiger partial charge in [-0.25, -0.2) is 4.79 Å². The van der Waals surface area contributed by atoms with E-state index in [0.29, 0.717) is 11.3 Å². The molecule has 1 aromatic carbocycles. The van der Waals surface area contributed by atoms with E-state index in [9.17, 15) is 9.90 Å². The van der Waals surface area contributed by atoms with Gasteiger partial charge in [0.25, 0.3) is 0 Å². The van der Waals surface area contributed by atoms with Gasteiger partial charge >= 0.3 is 5.63 Å². The van der Waals surface area contributed by atoms with Gasteiger partial charge in [0.05, 0.1) is 5.56 Å². The van der Waals surface area contributed by atoms with Gasteiger partial charge in [-0.2, -0.15) is 0 Å². The van der Waals surface area contributed by atoms with Gasteiger partial charge in [-0.1, -0.05) is 62.9 Å². The van der Waals surface area contributed by atoms with E-state index in [1.54, 1.807) is 6.07 Å². The molecule has 4 rings (SSSR count). The van der Waals surface area contributed by atoms with Crippen LogP contribution in [0.5, 0.6) is 5.75 Å².